The Hall–Kier alpha value is -3.21. The molecular weight excluding hydrogens is 418 g/mol. The topological polar surface area (TPSA) is 113 Å². The predicted molar refractivity (Wildman–Crippen MR) is 109 cm³/mol. The van der Waals surface area contributed by atoms with Crippen LogP contribution in [0.4, 0.5) is 20.2 Å². The van der Waals surface area contributed by atoms with Crippen molar-refractivity contribution < 1.29 is 26.7 Å². The number of carbonyl (C=O) groups is 1. The molecule has 0 fully saturated rings. The fraction of sp³-hybridized carbons (Fsp3) is 0.263. The highest BCUT2D eigenvalue weighted by Gasteiger charge is 2.23. The van der Waals surface area contributed by atoms with Gasteiger partial charge < -0.3 is 15.0 Å². The zero-order valence-electron chi connectivity index (χ0n) is 16.3. The molecule has 2 heterocycles. The van der Waals surface area contributed by atoms with Crippen molar-refractivity contribution in [1.29, 1.82) is 0 Å². The average molecular weight is 438 g/mol. The van der Waals surface area contributed by atoms with E-state index in [1.54, 1.807) is 19.2 Å². The smallest absolute Gasteiger partial charge is 0.261 e. The number of halogens is 2. The van der Waals surface area contributed by atoms with Crippen molar-refractivity contribution in [1.82, 2.24) is 9.97 Å². The van der Waals surface area contributed by atoms with Crippen molar-refractivity contribution in [2.24, 2.45) is 0 Å². The Morgan fingerprint density at radius 2 is 2.03 bits per heavy atom. The Morgan fingerprint density at radius 3 is 2.73 bits per heavy atom. The van der Waals surface area contributed by atoms with E-state index in [-0.39, 0.29) is 11.4 Å². The molecule has 0 bridgehead atoms. The second kappa shape index (κ2) is 8.66. The van der Waals surface area contributed by atoms with Crippen molar-refractivity contribution in [2.45, 2.75) is 20.3 Å². The van der Waals surface area contributed by atoms with Gasteiger partial charge in [-0.15, -0.1) is 0 Å². The Labute approximate surface area is 171 Å². The van der Waals surface area contributed by atoms with Crippen LogP contribution in [-0.4, -0.2) is 36.7 Å². The molecule has 11 heteroatoms. The van der Waals surface area contributed by atoms with Gasteiger partial charge in [-0.05, 0) is 31.5 Å². The van der Waals surface area contributed by atoms with Crippen LogP contribution in [0.1, 0.15) is 30.6 Å². The average Bonchev–Trinajstić information content (AvgIpc) is 3.07. The normalized spacial score (nSPS) is 11.5. The summed E-state index contributed by atoms with van der Waals surface area (Å²) >= 11 is 0. The van der Waals surface area contributed by atoms with Crippen LogP contribution in [-0.2, 0) is 10.0 Å². The molecule has 0 saturated carbocycles. The molecule has 0 aliphatic carbocycles. The number of rotatable bonds is 8. The van der Waals surface area contributed by atoms with E-state index in [2.05, 4.69) is 15.3 Å². The highest BCUT2D eigenvalue weighted by atomic mass is 32.2. The van der Waals surface area contributed by atoms with Gasteiger partial charge in [0.05, 0.1) is 35.3 Å². The summed E-state index contributed by atoms with van der Waals surface area (Å²) in [7, 11) is -3.82. The van der Waals surface area contributed by atoms with Crippen LogP contribution in [0.3, 0.4) is 0 Å². The van der Waals surface area contributed by atoms with Gasteiger partial charge in [-0.2, -0.15) is 0 Å². The highest BCUT2D eigenvalue weighted by Crippen LogP contribution is 2.28. The number of H-pyrrole nitrogens is 1. The first-order chi connectivity index (χ1) is 14.3. The Morgan fingerprint density at radius 1 is 1.27 bits per heavy atom. The van der Waals surface area contributed by atoms with Gasteiger partial charge in [0.2, 0.25) is 10.0 Å². The molecule has 0 unspecified atom stereocenters. The van der Waals surface area contributed by atoms with Gasteiger partial charge in [-0.25, -0.2) is 22.2 Å². The summed E-state index contributed by atoms with van der Waals surface area (Å²) < 4.78 is 60.3. The maximum Gasteiger partial charge on any atom is 0.261 e. The Balaban J connectivity index is 1.90. The van der Waals surface area contributed by atoms with Crippen molar-refractivity contribution in [3.8, 4) is 5.75 Å². The molecule has 0 radical (unpaired) electrons. The number of aromatic amines is 1. The van der Waals surface area contributed by atoms with E-state index >= 15 is 0 Å². The van der Waals surface area contributed by atoms with Crippen molar-refractivity contribution in [3.05, 3.63) is 47.8 Å². The number of nitrogens with one attached hydrogen (secondary N) is 3. The minimum Gasteiger partial charge on any atom is -0.492 e. The van der Waals surface area contributed by atoms with Crippen LogP contribution < -0.4 is 14.8 Å². The molecular formula is C19H20F2N4O4S. The first kappa shape index (κ1) is 21.5. The number of aromatic nitrogens is 2. The second-order valence-electron chi connectivity index (χ2n) is 6.37. The summed E-state index contributed by atoms with van der Waals surface area (Å²) in [6.07, 6.45) is 3.23. The molecule has 0 saturated heterocycles. The monoisotopic (exact) mass is 438 g/mol. The standard InChI is InChI=1S/C19H20F2N4O4S/c1-3-7-30(27,28)25-14-6-5-13(20)16(17(14)21)19(26)24-11-8-12-15(29-4-2)10-23-18(12)22-9-11/h5-6,8-10,25H,3-4,7H2,1-2H3,(H,22,23)(H,24,26). The quantitative estimate of drug-likeness (QED) is 0.497. The van der Waals surface area contributed by atoms with Crippen LogP contribution in [0.5, 0.6) is 5.75 Å². The number of sulfonamides is 1. The number of fused-ring (bicyclic) bond motifs is 1. The fourth-order valence-corrected chi connectivity index (χ4v) is 3.98. The molecule has 3 rings (SSSR count). The zero-order valence-corrected chi connectivity index (χ0v) is 17.1. The highest BCUT2D eigenvalue weighted by molar-refractivity contribution is 7.92. The van der Waals surface area contributed by atoms with Gasteiger partial charge in [-0.1, -0.05) is 6.92 Å². The number of pyridine rings is 1. The van der Waals surface area contributed by atoms with E-state index < -0.39 is 38.8 Å². The van der Waals surface area contributed by atoms with E-state index in [1.165, 1.54) is 6.20 Å². The summed E-state index contributed by atoms with van der Waals surface area (Å²) in [4.78, 5) is 19.6. The van der Waals surface area contributed by atoms with Gasteiger partial charge in [0.15, 0.2) is 5.82 Å². The predicted octanol–water partition coefficient (Wildman–Crippen LogP) is 3.64. The minimum absolute atomic E-state index is 0.184. The number of hydrogen-bond donors (Lipinski definition) is 3. The molecule has 0 aliphatic heterocycles. The van der Waals surface area contributed by atoms with Crippen LogP contribution in [0, 0.1) is 11.6 Å². The lowest BCUT2D eigenvalue weighted by atomic mass is 10.1. The largest absolute Gasteiger partial charge is 0.492 e. The first-order valence-electron chi connectivity index (χ1n) is 9.15. The van der Waals surface area contributed by atoms with E-state index in [0.717, 1.165) is 12.1 Å². The van der Waals surface area contributed by atoms with Crippen LogP contribution in [0.2, 0.25) is 0 Å². The van der Waals surface area contributed by atoms with Gasteiger partial charge in [0, 0.05) is 6.20 Å². The Kier molecular flexibility index (Phi) is 6.20. The van der Waals surface area contributed by atoms with Gasteiger partial charge in [-0.3, -0.25) is 9.52 Å². The van der Waals surface area contributed by atoms with E-state index in [0.29, 0.717) is 29.8 Å². The summed E-state index contributed by atoms with van der Waals surface area (Å²) in [5, 5.41) is 2.96. The van der Waals surface area contributed by atoms with Gasteiger partial charge in [0.25, 0.3) is 5.91 Å². The van der Waals surface area contributed by atoms with Crippen molar-refractivity contribution >= 4 is 38.3 Å². The molecule has 3 N–H and O–H groups in total. The Bertz CT molecular complexity index is 1190. The van der Waals surface area contributed by atoms with E-state index in [9.17, 15) is 22.0 Å². The third-order valence-electron chi connectivity index (χ3n) is 4.11. The number of hydrogen-bond acceptors (Lipinski definition) is 5. The third-order valence-corrected chi connectivity index (χ3v) is 5.58. The maximum atomic E-state index is 14.8. The summed E-state index contributed by atoms with van der Waals surface area (Å²) in [5.41, 5.74) is -0.719. The van der Waals surface area contributed by atoms with Crippen LogP contribution in [0.25, 0.3) is 11.0 Å². The molecule has 0 aliphatic rings. The van der Waals surface area contributed by atoms with E-state index in [4.69, 9.17) is 4.74 Å². The lowest BCUT2D eigenvalue weighted by Crippen LogP contribution is -2.20. The molecule has 30 heavy (non-hydrogen) atoms. The molecule has 160 valence electrons. The summed E-state index contributed by atoms with van der Waals surface area (Å²) in [5.74, 6) is -3.25. The van der Waals surface area contributed by atoms with Crippen molar-refractivity contribution in [2.75, 3.05) is 22.4 Å². The molecule has 0 atom stereocenters. The first-order valence-corrected chi connectivity index (χ1v) is 10.8. The molecule has 1 amide bonds. The number of anilines is 2. The second-order valence-corrected chi connectivity index (χ2v) is 8.21. The number of carbonyl (C=O) groups excluding carboxylic acids is 1. The summed E-state index contributed by atoms with van der Waals surface area (Å²) in [6.45, 7) is 3.87. The molecule has 3 aromatic rings. The maximum absolute atomic E-state index is 14.8. The molecule has 2 aromatic heterocycles. The fourth-order valence-electron chi connectivity index (χ4n) is 2.84. The van der Waals surface area contributed by atoms with E-state index in [1.807, 2.05) is 11.6 Å². The van der Waals surface area contributed by atoms with Gasteiger partial charge >= 0.3 is 0 Å². The van der Waals surface area contributed by atoms with Crippen LogP contribution >= 0.6 is 0 Å². The molecule has 0 spiro atoms. The van der Waals surface area contributed by atoms with Crippen LogP contribution in [0.15, 0.2) is 30.6 Å². The SMILES string of the molecule is CCCS(=O)(=O)Nc1ccc(F)c(C(=O)Nc2cnc3[nH]cc(OCC)c3c2)c1F. The number of amides is 1. The minimum atomic E-state index is -3.82. The molecule has 1 aromatic carbocycles. The zero-order chi connectivity index (χ0) is 21.9. The summed E-state index contributed by atoms with van der Waals surface area (Å²) in [6, 6.07) is 3.30. The van der Waals surface area contributed by atoms with Crippen molar-refractivity contribution in [3.63, 3.8) is 0 Å². The number of ether oxygens (including phenoxy) is 1. The number of benzene rings is 1. The lowest BCUT2D eigenvalue weighted by molar-refractivity contribution is 0.101. The third kappa shape index (κ3) is 4.51. The molecule has 8 nitrogen and oxygen atoms in total. The lowest BCUT2D eigenvalue weighted by Gasteiger charge is -2.12. The van der Waals surface area contributed by atoms with Gasteiger partial charge in [0.1, 0.15) is 22.8 Å². The number of nitrogens with zero attached hydrogens (tertiary/aromatic N) is 1.